The van der Waals surface area contributed by atoms with Crippen molar-refractivity contribution in [1.82, 2.24) is 20.1 Å². The van der Waals surface area contributed by atoms with Crippen LogP contribution < -0.4 is 5.56 Å². The molecule has 3 rings (SSSR count). The molecule has 114 valence electrons. The maximum absolute atomic E-state index is 12.3. The Labute approximate surface area is 132 Å². The van der Waals surface area contributed by atoms with Crippen LogP contribution in [-0.4, -0.2) is 33.4 Å². The lowest BCUT2D eigenvalue weighted by Gasteiger charge is -2.15. The fourth-order valence-corrected chi connectivity index (χ4v) is 2.92. The molecular weight excluding hydrogens is 296 g/mol. The molecule has 2 N–H and O–H groups in total. The summed E-state index contributed by atoms with van der Waals surface area (Å²) >= 11 is 1.67. The van der Waals surface area contributed by atoms with E-state index in [2.05, 4.69) is 32.2 Å². The molecule has 0 atom stereocenters. The van der Waals surface area contributed by atoms with Crippen LogP contribution in [0, 0.1) is 0 Å². The first-order valence-electron chi connectivity index (χ1n) is 7.02. The van der Waals surface area contributed by atoms with Gasteiger partial charge in [0.15, 0.2) is 0 Å². The van der Waals surface area contributed by atoms with Gasteiger partial charge in [0.25, 0.3) is 5.56 Å². The van der Waals surface area contributed by atoms with Crippen LogP contribution in [0.5, 0.6) is 0 Å². The van der Waals surface area contributed by atoms with Crippen molar-refractivity contribution in [3.8, 4) is 0 Å². The lowest BCUT2D eigenvalue weighted by atomic mass is 10.1. The van der Waals surface area contributed by atoms with Crippen molar-refractivity contribution in [2.45, 2.75) is 18.0 Å². The summed E-state index contributed by atoms with van der Waals surface area (Å²) in [6, 6.07) is 10.0. The van der Waals surface area contributed by atoms with Gasteiger partial charge in [-0.15, -0.1) is 11.8 Å². The van der Waals surface area contributed by atoms with Gasteiger partial charge in [-0.25, -0.2) is 0 Å². The molecule has 0 fully saturated rings. The third-order valence-corrected chi connectivity index (χ3v) is 4.29. The zero-order chi connectivity index (χ0) is 15.5. The van der Waals surface area contributed by atoms with Gasteiger partial charge in [0.05, 0.1) is 0 Å². The third-order valence-electron chi connectivity index (χ3n) is 3.57. The zero-order valence-corrected chi connectivity index (χ0v) is 13.4. The van der Waals surface area contributed by atoms with Crippen LogP contribution in [0.1, 0.15) is 11.3 Å². The second-order valence-corrected chi connectivity index (χ2v) is 6.21. The van der Waals surface area contributed by atoms with E-state index in [4.69, 9.17) is 0 Å². The summed E-state index contributed by atoms with van der Waals surface area (Å²) < 4.78 is 0. The van der Waals surface area contributed by atoms with Gasteiger partial charge in [-0.3, -0.25) is 14.8 Å². The molecule has 0 saturated carbocycles. The van der Waals surface area contributed by atoms with Crippen LogP contribution in [0.25, 0.3) is 10.9 Å². The Morgan fingerprint density at radius 1 is 1.23 bits per heavy atom. The summed E-state index contributed by atoms with van der Waals surface area (Å²) in [5, 5.41) is 7.92. The summed E-state index contributed by atoms with van der Waals surface area (Å²) in [5.74, 6) is 0. The second-order valence-electron chi connectivity index (χ2n) is 5.33. The molecule has 0 bridgehead atoms. The van der Waals surface area contributed by atoms with Gasteiger partial charge < -0.3 is 4.98 Å². The molecule has 0 aliphatic carbocycles. The molecule has 6 heteroatoms. The molecule has 0 spiro atoms. The Kier molecular flexibility index (Phi) is 4.31. The number of fused-ring (bicyclic) bond motifs is 1. The number of aromatic amines is 2. The summed E-state index contributed by atoms with van der Waals surface area (Å²) in [7, 11) is 1.99. The smallest absolute Gasteiger partial charge is 0.252 e. The Hall–Kier alpha value is -2.05. The first-order valence-corrected chi connectivity index (χ1v) is 8.25. The Morgan fingerprint density at radius 2 is 2.09 bits per heavy atom. The molecule has 0 amide bonds. The minimum atomic E-state index is -0.0257. The van der Waals surface area contributed by atoms with Gasteiger partial charge in [-0.05, 0) is 43.0 Å². The molecule has 2 heterocycles. The number of nitrogens with zero attached hydrogens (tertiary/aromatic N) is 2. The number of rotatable bonds is 5. The number of aromatic nitrogens is 3. The van der Waals surface area contributed by atoms with Crippen molar-refractivity contribution in [2.75, 3.05) is 13.3 Å². The Bertz CT molecular complexity index is 826. The summed E-state index contributed by atoms with van der Waals surface area (Å²) in [6.07, 6.45) is 3.76. The number of hydrogen-bond donors (Lipinski definition) is 2. The van der Waals surface area contributed by atoms with E-state index in [0.29, 0.717) is 6.54 Å². The lowest BCUT2D eigenvalue weighted by molar-refractivity contribution is 0.314. The van der Waals surface area contributed by atoms with Crippen molar-refractivity contribution >= 4 is 22.7 Å². The summed E-state index contributed by atoms with van der Waals surface area (Å²) in [5.41, 5.74) is 2.66. The van der Waals surface area contributed by atoms with E-state index in [-0.39, 0.29) is 5.56 Å². The van der Waals surface area contributed by atoms with Crippen LogP contribution in [0.2, 0.25) is 0 Å². The van der Waals surface area contributed by atoms with Crippen LogP contribution in [-0.2, 0) is 13.1 Å². The van der Waals surface area contributed by atoms with Crippen molar-refractivity contribution in [3.05, 3.63) is 58.1 Å². The van der Waals surface area contributed by atoms with Gasteiger partial charge in [0, 0.05) is 41.0 Å². The van der Waals surface area contributed by atoms with Gasteiger partial charge in [0.2, 0.25) is 0 Å². The van der Waals surface area contributed by atoms with E-state index >= 15 is 0 Å². The van der Waals surface area contributed by atoms with E-state index in [9.17, 15) is 4.79 Å². The normalized spacial score (nSPS) is 11.4. The van der Waals surface area contributed by atoms with E-state index < -0.39 is 0 Å². The van der Waals surface area contributed by atoms with Crippen molar-refractivity contribution in [3.63, 3.8) is 0 Å². The second kappa shape index (κ2) is 6.37. The third kappa shape index (κ3) is 3.23. The topological polar surface area (TPSA) is 64.8 Å². The van der Waals surface area contributed by atoms with Crippen LogP contribution in [0.3, 0.4) is 0 Å². The highest BCUT2D eigenvalue weighted by molar-refractivity contribution is 7.98. The van der Waals surface area contributed by atoms with Crippen molar-refractivity contribution in [1.29, 1.82) is 0 Å². The Balaban J connectivity index is 1.84. The maximum atomic E-state index is 12.3. The number of benzene rings is 1. The molecule has 0 aliphatic rings. The molecule has 0 unspecified atom stereocenters. The lowest BCUT2D eigenvalue weighted by Crippen LogP contribution is -2.23. The van der Waals surface area contributed by atoms with Crippen molar-refractivity contribution < 1.29 is 0 Å². The quantitative estimate of drug-likeness (QED) is 0.711. The monoisotopic (exact) mass is 314 g/mol. The SMILES string of the molecule is CSc1ccc2cc(CN(C)Cc3ccn[nH]3)c(=O)[nH]c2c1. The summed E-state index contributed by atoms with van der Waals surface area (Å²) in [6.45, 7) is 1.32. The van der Waals surface area contributed by atoms with Crippen LogP contribution in [0.4, 0.5) is 0 Å². The predicted molar refractivity (Wildman–Crippen MR) is 90.1 cm³/mol. The highest BCUT2D eigenvalue weighted by atomic mass is 32.2. The molecule has 2 aromatic heterocycles. The zero-order valence-electron chi connectivity index (χ0n) is 12.6. The molecule has 22 heavy (non-hydrogen) atoms. The molecule has 3 aromatic rings. The fourth-order valence-electron chi connectivity index (χ4n) is 2.48. The number of H-pyrrole nitrogens is 2. The standard InChI is InChI=1S/C16H18N4OS/c1-20(10-13-5-6-17-19-13)9-12-7-11-3-4-14(22-2)8-15(11)18-16(12)21/h3-8H,9-10H2,1-2H3,(H,17,19)(H,18,21). The molecule has 0 aliphatic heterocycles. The average molecular weight is 314 g/mol. The predicted octanol–water partition coefficient (Wildman–Crippen LogP) is 2.61. The molecule has 5 nitrogen and oxygen atoms in total. The van der Waals surface area contributed by atoms with E-state index in [0.717, 1.165) is 33.6 Å². The van der Waals surface area contributed by atoms with Gasteiger partial charge in [-0.2, -0.15) is 5.10 Å². The average Bonchev–Trinajstić information content (AvgIpc) is 3.00. The number of thioether (sulfide) groups is 1. The van der Waals surface area contributed by atoms with Gasteiger partial charge >= 0.3 is 0 Å². The number of hydrogen-bond acceptors (Lipinski definition) is 4. The molecule has 0 radical (unpaired) electrons. The molecule has 1 aromatic carbocycles. The first-order chi connectivity index (χ1) is 10.7. The summed E-state index contributed by atoms with van der Waals surface area (Å²) in [4.78, 5) is 18.5. The van der Waals surface area contributed by atoms with E-state index in [1.807, 2.05) is 31.5 Å². The van der Waals surface area contributed by atoms with Gasteiger partial charge in [-0.1, -0.05) is 6.07 Å². The largest absolute Gasteiger partial charge is 0.322 e. The first kappa shape index (κ1) is 14.9. The van der Waals surface area contributed by atoms with Crippen LogP contribution in [0.15, 0.2) is 46.2 Å². The Morgan fingerprint density at radius 3 is 2.82 bits per heavy atom. The fraction of sp³-hybridized carbons (Fsp3) is 0.250. The van der Waals surface area contributed by atoms with E-state index in [1.165, 1.54) is 0 Å². The maximum Gasteiger partial charge on any atom is 0.252 e. The molecule has 0 saturated heterocycles. The number of pyridine rings is 1. The minimum Gasteiger partial charge on any atom is -0.322 e. The van der Waals surface area contributed by atoms with E-state index in [1.54, 1.807) is 18.0 Å². The van der Waals surface area contributed by atoms with Crippen LogP contribution >= 0.6 is 11.8 Å². The highest BCUT2D eigenvalue weighted by Crippen LogP contribution is 2.20. The van der Waals surface area contributed by atoms with Gasteiger partial charge in [0.1, 0.15) is 0 Å². The molecular formula is C16H18N4OS. The number of nitrogens with one attached hydrogen (secondary N) is 2. The van der Waals surface area contributed by atoms with Crippen molar-refractivity contribution in [2.24, 2.45) is 0 Å². The minimum absolute atomic E-state index is 0.0257. The highest BCUT2D eigenvalue weighted by Gasteiger charge is 2.08.